The molecule has 0 aliphatic heterocycles. The molecule has 0 saturated carbocycles. The number of amides is 1. The van der Waals surface area contributed by atoms with Gasteiger partial charge in [0.25, 0.3) is 0 Å². The average Bonchev–Trinajstić information content (AvgIpc) is 2.38. The van der Waals surface area contributed by atoms with E-state index >= 15 is 0 Å². The Morgan fingerprint density at radius 1 is 1.30 bits per heavy atom. The summed E-state index contributed by atoms with van der Waals surface area (Å²) in [6.07, 6.45) is -3.21. The fraction of sp³-hybridized carbons (Fsp3) is 0.500. The first-order valence-electron chi connectivity index (χ1n) is 6.48. The van der Waals surface area contributed by atoms with Crippen LogP contribution in [0.25, 0.3) is 0 Å². The summed E-state index contributed by atoms with van der Waals surface area (Å²) in [7, 11) is 0. The van der Waals surface area contributed by atoms with Gasteiger partial charge in [-0.15, -0.1) is 0 Å². The minimum Gasteiger partial charge on any atom is -0.356 e. The molecule has 0 bridgehead atoms. The van der Waals surface area contributed by atoms with Crippen molar-refractivity contribution < 1.29 is 18.0 Å². The van der Waals surface area contributed by atoms with Crippen molar-refractivity contribution in [2.24, 2.45) is 11.7 Å². The van der Waals surface area contributed by atoms with Crippen molar-refractivity contribution in [1.82, 2.24) is 5.32 Å². The zero-order valence-corrected chi connectivity index (χ0v) is 11.3. The standard InChI is InChI=1S/C14H19F3N2O/c1-10(13(20)19-8-2-7-18)9-11-3-5-12(6-4-11)14(15,16)17/h3-6,10H,2,7-9,18H2,1H3,(H,19,20). The van der Waals surface area contributed by atoms with Crippen LogP contribution in [-0.2, 0) is 17.4 Å². The van der Waals surface area contributed by atoms with Crippen molar-refractivity contribution in [3.63, 3.8) is 0 Å². The minimum absolute atomic E-state index is 0.113. The molecule has 0 spiro atoms. The van der Waals surface area contributed by atoms with Crippen molar-refractivity contribution >= 4 is 5.91 Å². The molecule has 3 nitrogen and oxygen atoms in total. The summed E-state index contributed by atoms with van der Waals surface area (Å²) in [4.78, 5) is 11.7. The number of halogens is 3. The summed E-state index contributed by atoms with van der Waals surface area (Å²) in [5.74, 6) is -0.400. The lowest BCUT2D eigenvalue weighted by atomic mass is 9.99. The zero-order valence-electron chi connectivity index (χ0n) is 11.3. The molecule has 1 rings (SSSR count). The second-order valence-corrected chi connectivity index (χ2v) is 4.73. The third-order valence-corrected chi connectivity index (χ3v) is 2.95. The highest BCUT2D eigenvalue weighted by atomic mass is 19.4. The Labute approximate surface area is 116 Å². The summed E-state index contributed by atoms with van der Waals surface area (Å²) < 4.78 is 37.2. The van der Waals surface area contributed by atoms with E-state index in [1.807, 2.05) is 0 Å². The van der Waals surface area contributed by atoms with Gasteiger partial charge in [0.05, 0.1) is 5.56 Å². The number of nitrogens with two attached hydrogens (primary N) is 1. The van der Waals surface area contributed by atoms with E-state index in [9.17, 15) is 18.0 Å². The number of alkyl halides is 3. The van der Waals surface area contributed by atoms with E-state index in [4.69, 9.17) is 5.73 Å². The van der Waals surface area contributed by atoms with Gasteiger partial charge in [-0.25, -0.2) is 0 Å². The molecule has 1 aromatic carbocycles. The van der Waals surface area contributed by atoms with Crippen molar-refractivity contribution in [1.29, 1.82) is 0 Å². The fourth-order valence-electron chi connectivity index (χ4n) is 1.76. The van der Waals surface area contributed by atoms with Gasteiger partial charge in [-0.3, -0.25) is 4.79 Å². The van der Waals surface area contributed by atoms with Crippen molar-refractivity contribution in [2.75, 3.05) is 13.1 Å². The Morgan fingerprint density at radius 2 is 1.90 bits per heavy atom. The number of hydrogen-bond donors (Lipinski definition) is 2. The molecule has 0 saturated heterocycles. The molecule has 3 N–H and O–H groups in total. The lowest BCUT2D eigenvalue weighted by molar-refractivity contribution is -0.137. The second kappa shape index (κ2) is 7.28. The van der Waals surface area contributed by atoms with Gasteiger partial charge in [-0.1, -0.05) is 19.1 Å². The summed E-state index contributed by atoms with van der Waals surface area (Å²) in [5, 5.41) is 2.74. The van der Waals surface area contributed by atoms with E-state index < -0.39 is 11.7 Å². The van der Waals surface area contributed by atoms with Crippen molar-refractivity contribution in [3.8, 4) is 0 Å². The normalized spacial score (nSPS) is 13.1. The second-order valence-electron chi connectivity index (χ2n) is 4.73. The largest absolute Gasteiger partial charge is 0.416 e. The Kier molecular flexibility index (Phi) is 6.01. The number of rotatable bonds is 6. The molecule has 0 aliphatic rings. The van der Waals surface area contributed by atoms with Gasteiger partial charge in [-0.2, -0.15) is 13.2 Å². The molecule has 112 valence electrons. The molecule has 0 fully saturated rings. The lowest BCUT2D eigenvalue weighted by Crippen LogP contribution is -2.31. The minimum atomic E-state index is -4.33. The summed E-state index contributed by atoms with van der Waals surface area (Å²) >= 11 is 0. The molecule has 20 heavy (non-hydrogen) atoms. The van der Waals surface area contributed by atoms with Crippen LogP contribution in [0.1, 0.15) is 24.5 Å². The number of carbonyl (C=O) groups is 1. The Morgan fingerprint density at radius 3 is 2.40 bits per heavy atom. The molecule has 0 aromatic heterocycles. The summed E-state index contributed by atoms with van der Waals surface area (Å²) in [6, 6.07) is 4.89. The molecule has 1 aromatic rings. The van der Waals surface area contributed by atoms with Crippen LogP contribution in [0.5, 0.6) is 0 Å². The first kappa shape index (κ1) is 16.5. The number of hydrogen-bond acceptors (Lipinski definition) is 2. The van der Waals surface area contributed by atoms with Gasteiger partial charge < -0.3 is 11.1 Å². The molecule has 6 heteroatoms. The molecule has 1 unspecified atom stereocenters. The maximum absolute atomic E-state index is 12.4. The number of benzene rings is 1. The molecule has 1 amide bonds. The first-order valence-corrected chi connectivity index (χ1v) is 6.48. The molecular formula is C14H19F3N2O. The van der Waals surface area contributed by atoms with E-state index in [-0.39, 0.29) is 11.8 Å². The van der Waals surface area contributed by atoms with Crippen molar-refractivity contribution in [2.45, 2.75) is 25.9 Å². The van der Waals surface area contributed by atoms with Crippen LogP contribution in [0, 0.1) is 5.92 Å². The van der Waals surface area contributed by atoms with Gasteiger partial charge in [0, 0.05) is 12.5 Å². The fourth-order valence-corrected chi connectivity index (χ4v) is 1.76. The van der Waals surface area contributed by atoms with Gasteiger partial charge >= 0.3 is 6.18 Å². The predicted octanol–water partition coefficient (Wildman–Crippen LogP) is 2.35. The van der Waals surface area contributed by atoms with Crippen LogP contribution >= 0.6 is 0 Å². The molecule has 1 atom stereocenters. The van der Waals surface area contributed by atoms with Crippen LogP contribution in [0.4, 0.5) is 13.2 Å². The first-order chi connectivity index (χ1) is 9.34. The van der Waals surface area contributed by atoms with Gasteiger partial charge in [-0.05, 0) is 37.1 Å². The molecular weight excluding hydrogens is 269 g/mol. The third kappa shape index (κ3) is 5.21. The van der Waals surface area contributed by atoms with Crippen LogP contribution in [0.3, 0.4) is 0 Å². The van der Waals surface area contributed by atoms with Crippen LogP contribution in [0.2, 0.25) is 0 Å². The average molecular weight is 288 g/mol. The van der Waals surface area contributed by atoms with E-state index in [2.05, 4.69) is 5.32 Å². The van der Waals surface area contributed by atoms with Crippen molar-refractivity contribution in [3.05, 3.63) is 35.4 Å². The quantitative estimate of drug-likeness (QED) is 0.789. The number of carbonyl (C=O) groups excluding carboxylic acids is 1. The highest BCUT2D eigenvalue weighted by Crippen LogP contribution is 2.29. The van der Waals surface area contributed by atoms with E-state index in [0.29, 0.717) is 31.5 Å². The molecule has 0 heterocycles. The smallest absolute Gasteiger partial charge is 0.356 e. The maximum atomic E-state index is 12.4. The van der Waals surface area contributed by atoms with Crippen LogP contribution in [-0.4, -0.2) is 19.0 Å². The zero-order chi connectivity index (χ0) is 15.2. The summed E-state index contributed by atoms with van der Waals surface area (Å²) in [6.45, 7) is 2.77. The highest BCUT2D eigenvalue weighted by Gasteiger charge is 2.30. The molecule has 0 aliphatic carbocycles. The SMILES string of the molecule is CC(Cc1ccc(C(F)(F)F)cc1)C(=O)NCCCN. The van der Waals surface area contributed by atoms with E-state index in [1.165, 1.54) is 12.1 Å². The van der Waals surface area contributed by atoms with Gasteiger partial charge in [0.2, 0.25) is 5.91 Å². The third-order valence-electron chi connectivity index (χ3n) is 2.95. The lowest BCUT2D eigenvalue weighted by Gasteiger charge is -2.13. The van der Waals surface area contributed by atoms with Gasteiger partial charge in [0.1, 0.15) is 0 Å². The Bertz CT molecular complexity index is 429. The maximum Gasteiger partial charge on any atom is 0.416 e. The summed E-state index contributed by atoms with van der Waals surface area (Å²) in [5.41, 5.74) is 5.35. The highest BCUT2D eigenvalue weighted by molar-refractivity contribution is 5.78. The predicted molar refractivity (Wildman–Crippen MR) is 71.0 cm³/mol. The Balaban J connectivity index is 2.53. The van der Waals surface area contributed by atoms with Crippen LogP contribution < -0.4 is 11.1 Å². The Hall–Kier alpha value is -1.56. The molecule has 0 radical (unpaired) electrons. The van der Waals surface area contributed by atoms with E-state index in [1.54, 1.807) is 6.92 Å². The van der Waals surface area contributed by atoms with Gasteiger partial charge in [0.15, 0.2) is 0 Å². The monoisotopic (exact) mass is 288 g/mol. The van der Waals surface area contributed by atoms with E-state index in [0.717, 1.165) is 12.1 Å². The topological polar surface area (TPSA) is 55.1 Å². The van der Waals surface area contributed by atoms with Crippen LogP contribution in [0.15, 0.2) is 24.3 Å². The number of nitrogens with one attached hydrogen (secondary N) is 1.